The topological polar surface area (TPSA) is 20.3 Å². The molecule has 3 unspecified atom stereocenters. The van der Waals surface area contributed by atoms with Gasteiger partial charge >= 0.3 is 0 Å². The summed E-state index contributed by atoms with van der Waals surface area (Å²) in [7, 11) is 0. The predicted molar refractivity (Wildman–Crippen MR) is 103 cm³/mol. The largest absolute Gasteiger partial charge is 0.303 e. The molecule has 0 saturated heterocycles. The van der Waals surface area contributed by atoms with Gasteiger partial charge in [-0.05, 0) is 43.0 Å². The zero-order chi connectivity index (χ0) is 16.0. The first-order chi connectivity index (χ1) is 11.2. The number of fused-ring (bicyclic) bond motifs is 3. The summed E-state index contributed by atoms with van der Waals surface area (Å²) in [5.41, 5.74) is 4.54. The number of alkyl halides is 1. The number of hydrogen-bond donors (Lipinski definition) is 0. The van der Waals surface area contributed by atoms with Gasteiger partial charge in [-0.15, -0.1) is 0 Å². The lowest BCUT2D eigenvalue weighted by molar-refractivity contribution is 0.0974. The average Bonchev–Trinajstić information content (AvgIpc) is 2.92. The molecule has 1 saturated carbocycles. The molecule has 4 rings (SSSR count). The second-order valence-corrected chi connectivity index (χ2v) is 8.20. The van der Waals surface area contributed by atoms with Crippen LogP contribution in [0.3, 0.4) is 0 Å². The zero-order valence-corrected chi connectivity index (χ0v) is 15.4. The maximum absolute atomic E-state index is 13.3. The Hall–Kier alpha value is -1.36. The van der Waals surface area contributed by atoms with E-state index < -0.39 is 0 Å². The molecule has 1 heterocycles. The van der Waals surface area contributed by atoms with Crippen LogP contribution in [0.25, 0.3) is 0 Å². The van der Waals surface area contributed by atoms with Gasteiger partial charge in [0.15, 0.2) is 0 Å². The van der Waals surface area contributed by atoms with Gasteiger partial charge in [-0.3, -0.25) is 4.79 Å². The minimum absolute atomic E-state index is 0.150. The Balaban J connectivity index is 1.85. The van der Waals surface area contributed by atoms with Gasteiger partial charge in [-0.2, -0.15) is 0 Å². The van der Waals surface area contributed by atoms with E-state index in [1.165, 1.54) is 36.1 Å². The number of benzene rings is 2. The van der Waals surface area contributed by atoms with Crippen LogP contribution in [-0.2, 0) is 0 Å². The highest BCUT2D eigenvalue weighted by molar-refractivity contribution is 14.1. The van der Waals surface area contributed by atoms with E-state index in [4.69, 9.17) is 0 Å². The monoisotopic (exact) mass is 417 g/mol. The highest BCUT2D eigenvalue weighted by Crippen LogP contribution is 2.51. The number of carbonyl (C=O) groups is 1. The van der Waals surface area contributed by atoms with Crippen LogP contribution < -0.4 is 4.90 Å². The number of rotatable bonds is 1. The quantitative estimate of drug-likeness (QED) is 0.467. The van der Waals surface area contributed by atoms with Gasteiger partial charge in [0.05, 0.1) is 11.7 Å². The van der Waals surface area contributed by atoms with E-state index in [2.05, 4.69) is 52.6 Å². The van der Waals surface area contributed by atoms with Crippen molar-refractivity contribution in [1.29, 1.82) is 0 Å². The van der Waals surface area contributed by atoms with Crippen molar-refractivity contribution in [2.45, 2.75) is 42.1 Å². The van der Waals surface area contributed by atoms with Crippen LogP contribution in [0.5, 0.6) is 0 Å². The molecule has 2 nitrogen and oxygen atoms in total. The molecule has 0 bridgehead atoms. The number of aryl methyl sites for hydroxylation is 1. The summed E-state index contributed by atoms with van der Waals surface area (Å²) in [5.74, 6) is 0.644. The normalized spacial score (nSPS) is 25.8. The summed E-state index contributed by atoms with van der Waals surface area (Å²) in [6.45, 7) is 2.13. The van der Waals surface area contributed by atoms with Gasteiger partial charge in [0.2, 0.25) is 0 Å². The summed E-state index contributed by atoms with van der Waals surface area (Å²) < 4.78 is 0.519. The molecule has 1 amide bonds. The summed E-state index contributed by atoms with van der Waals surface area (Å²) in [4.78, 5) is 15.4. The second-order valence-electron chi connectivity index (χ2n) is 6.60. The lowest BCUT2D eigenvalue weighted by atomic mass is 9.82. The Morgan fingerprint density at radius 1 is 1.09 bits per heavy atom. The molecular weight excluding hydrogens is 397 g/mol. The van der Waals surface area contributed by atoms with E-state index in [-0.39, 0.29) is 5.91 Å². The maximum atomic E-state index is 13.3. The van der Waals surface area contributed by atoms with Crippen LogP contribution in [0.1, 0.15) is 46.7 Å². The molecule has 23 heavy (non-hydrogen) atoms. The van der Waals surface area contributed by atoms with Crippen LogP contribution in [0.2, 0.25) is 0 Å². The van der Waals surface area contributed by atoms with Gasteiger partial charge in [-0.25, -0.2) is 0 Å². The Kier molecular flexibility index (Phi) is 3.92. The standard InChI is InChI=1S/C20H20INO/c1-13-7-5-10-15-16-11-6-12-17(21)19(16)22(18(13)15)20(23)14-8-3-2-4-9-14/h2-5,7-10,16-17,19H,6,11-12H2,1H3. The van der Waals surface area contributed by atoms with Crippen LogP contribution in [0, 0.1) is 6.92 Å². The van der Waals surface area contributed by atoms with Gasteiger partial charge in [-0.1, -0.05) is 65.4 Å². The first-order valence-corrected chi connectivity index (χ1v) is 9.55. The van der Waals surface area contributed by atoms with Crippen molar-refractivity contribution in [2.24, 2.45) is 0 Å². The third-order valence-electron chi connectivity index (χ3n) is 5.22. The van der Waals surface area contributed by atoms with E-state index in [1.807, 2.05) is 30.3 Å². The first kappa shape index (κ1) is 15.2. The smallest absolute Gasteiger partial charge is 0.258 e. The van der Waals surface area contributed by atoms with E-state index >= 15 is 0 Å². The van der Waals surface area contributed by atoms with Crippen LogP contribution in [0.15, 0.2) is 48.5 Å². The van der Waals surface area contributed by atoms with Gasteiger partial charge in [0, 0.05) is 15.4 Å². The fourth-order valence-electron chi connectivity index (χ4n) is 4.22. The lowest BCUT2D eigenvalue weighted by Crippen LogP contribution is -2.46. The minimum Gasteiger partial charge on any atom is -0.303 e. The van der Waals surface area contributed by atoms with Crippen molar-refractivity contribution in [3.05, 3.63) is 65.2 Å². The Morgan fingerprint density at radius 2 is 1.87 bits per heavy atom. The molecule has 3 atom stereocenters. The van der Waals surface area contributed by atoms with Crippen molar-refractivity contribution < 1.29 is 4.79 Å². The minimum atomic E-state index is 0.150. The highest BCUT2D eigenvalue weighted by atomic mass is 127. The molecule has 2 aromatic rings. The van der Waals surface area contributed by atoms with Crippen molar-refractivity contribution in [1.82, 2.24) is 0 Å². The maximum Gasteiger partial charge on any atom is 0.258 e. The van der Waals surface area contributed by atoms with Crippen molar-refractivity contribution in [3.63, 3.8) is 0 Å². The number of nitrogens with zero attached hydrogens (tertiary/aromatic N) is 1. The molecule has 2 aromatic carbocycles. The molecule has 118 valence electrons. The molecule has 0 spiro atoms. The second kappa shape index (κ2) is 5.93. The van der Waals surface area contributed by atoms with Crippen LogP contribution >= 0.6 is 22.6 Å². The number of para-hydroxylation sites is 1. The zero-order valence-electron chi connectivity index (χ0n) is 13.2. The summed E-state index contributed by atoms with van der Waals surface area (Å²) in [5, 5.41) is 0. The molecule has 1 aliphatic carbocycles. The highest BCUT2D eigenvalue weighted by Gasteiger charge is 2.47. The summed E-state index contributed by atoms with van der Waals surface area (Å²) in [6, 6.07) is 16.5. The molecule has 1 fully saturated rings. The fraction of sp³-hybridized carbons (Fsp3) is 0.350. The van der Waals surface area contributed by atoms with Crippen molar-refractivity contribution >= 4 is 34.2 Å². The van der Waals surface area contributed by atoms with E-state index in [0.29, 0.717) is 15.9 Å². The van der Waals surface area contributed by atoms with Crippen LogP contribution in [-0.4, -0.2) is 15.9 Å². The average molecular weight is 417 g/mol. The van der Waals surface area contributed by atoms with Crippen LogP contribution in [0.4, 0.5) is 5.69 Å². The van der Waals surface area contributed by atoms with Gasteiger partial charge < -0.3 is 4.90 Å². The van der Waals surface area contributed by atoms with E-state index in [0.717, 1.165) is 5.56 Å². The van der Waals surface area contributed by atoms with Crippen molar-refractivity contribution in [3.8, 4) is 0 Å². The third-order valence-corrected chi connectivity index (χ3v) is 6.58. The molecule has 0 aromatic heterocycles. The molecule has 1 aliphatic heterocycles. The number of carbonyl (C=O) groups excluding carboxylic acids is 1. The van der Waals surface area contributed by atoms with Crippen molar-refractivity contribution in [2.75, 3.05) is 4.90 Å². The molecular formula is C20H20INO. The fourth-order valence-corrected chi connectivity index (χ4v) is 5.49. The number of hydrogen-bond acceptors (Lipinski definition) is 1. The van der Waals surface area contributed by atoms with Gasteiger partial charge in [0.25, 0.3) is 5.91 Å². The van der Waals surface area contributed by atoms with E-state index in [1.54, 1.807) is 0 Å². The number of anilines is 1. The van der Waals surface area contributed by atoms with E-state index in [9.17, 15) is 4.79 Å². The van der Waals surface area contributed by atoms with Gasteiger partial charge in [0.1, 0.15) is 0 Å². The third kappa shape index (κ3) is 2.40. The Labute approximate surface area is 151 Å². The summed E-state index contributed by atoms with van der Waals surface area (Å²) >= 11 is 2.56. The molecule has 3 heteroatoms. The Bertz CT molecular complexity index is 743. The summed E-state index contributed by atoms with van der Waals surface area (Å²) in [6.07, 6.45) is 3.65. The number of amides is 1. The molecule has 0 N–H and O–H groups in total. The number of halogens is 1. The first-order valence-electron chi connectivity index (χ1n) is 8.30. The Morgan fingerprint density at radius 3 is 2.65 bits per heavy atom. The molecule has 2 aliphatic rings. The predicted octanol–water partition coefficient (Wildman–Crippen LogP) is 5.10. The SMILES string of the molecule is Cc1cccc2c1N(C(=O)c1ccccc1)C1C(I)CCCC21. The molecule has 0 radical (unpaired) electrons. The lowest BCUT2D eigenvalue weighted by Gasteiger charge is -2.36.